The fourth-order valence-corrected chi connectivity index (χ4v) is 5.96. The average molecular weight is 407 g/mol. The van der Waals surface area contributed by atoms with Crippen molar-refractivity contribution < 1.29 is 17.7 Å². The molecule has 0 N–H and O–H groups in total. The van der Waals surface area contributed by atoms with Gasteiger partial charge in [-0.25, -0.2) is 12.7 Å². The van der Waals surface area contributed by atoms with E-state index in [0.717, 1.165) is 24.8 Å². The normalized spacial score (nSPS) is 22.7. The molecular weight excluding hydrogens is 380 g/mol. The topological polar surface area (TPSA) is 98.4 Å². The Kier molecular flexibility index (Phi) is 5.48. The Balaban J connectivity index is 1.63. The Morgan fingerprint density at radius 1 is 1.32 bits per heavy atom. The van der Waals surface area contributed by atoms with Crippen molar-refractivity contribution in [1.82, 2.24) is 19.4 Å². The highest BCUT2D eigenvalue weighted by molar-refractivity contribution is 7.89. The Morgan fingerprint density at radius 2 is 2.14 bits per heavy atom. The summed E-state index contributed by atoms with van der Waals surface area (Å²) in [5, 5.41) is 4.23. The van der Waals surface area contributed by atoms with E-state index in [1.165, 1.54) is 0 Å². The van der Waals surface area contributed by atoms with Crippen molar-refractivity contribution in [3.05, 3.63) is 30.4 Å². The highest BCUT2D eigenvalue weighted by atomic mass is 32.2. The number of nitrogens with zero attached hydrogens (tertiary/aromatic N) is 4. The van der Waals surface area contributed by atoms with Crippen LogP contribution < -0.4 is 0 Å². The fourth-order valence-electron chi connectivity index (χ4n) is 4.21. The van der Waals surface area contributed by atoms with Crippen molar-refractivity contribution in [2.24, 2.45) is 5.41 Å². The van der Waals surface area contributed by atoms with Crippen LogP contribution in [0.2, 0.25) is 0 Å². The summed E-state index contributed by atoms with van der Waals surface area (Å²) in [5.74, 6) is 1.09. The third kappa shape index (κ3) is 3.70. The molecule has 2 aromatic heterocycles. The van der Waals surface area contributed by atoms with Gasteiger partial charge in [-0.3, -0.25) is 4.98 Å². The van der Waals surface area contributed by atoms with Gasteiger partial charge in [0.25, 0.3) is 5.89 Å². The second-order valence-corrected chi connectivity index (χ2v) is 9.78. The van der Waals surface area contributed by atoms with Gasteiger partial charge in [-0.1, -0.05) is 18.5 Å². The lowest BCUT2D eigenvalue weighted by Crippen LogP contribution is -2.38. The van der Waals surface area contributed by atoms with Crippen LogP contribution in [0.25, 0.3) is 11.5 Å². The summed E-state index contributed by atoms with van der Waals surface area (Å²) in [6, 6.07) is 3.68. The third-order valence-corrected chi connectivity index (χ3v) is 7.79. The average Bonchev–Trinajstić information content (AvgIpc) is 3.33. The highest BCUT2D eigenvalue weighted by Crippen LogP contribution is 2.49. The number of aromatic nitrogens is 3. The van der Waals surface area contributed by atoms with Crippen molar-refractivity contribution >= 4 is 10.0 Å². The van der Waals surface area contributed by atoms with Gasteiger partial charge in [0.1, 0.15) is 0 Å². The highest BCUT2D eigenvalue weighted by Gasteiger charge is 2.52. The molecule has 0 bridgehead atoms. The minimum absolute atomic E-state index is 0.0954. The van der Waals surface area contributed by atoms with Crippen LogP contribution in [0.15, 0.2) is 29.0 Å². The van der Waals surface area contributed by atoms with Crippen LogP contribution >= 0.6 is 0 Å². The first-order valence-corrected chi connectivity index (χ1v) is 11.4. The largest absolute Gasteiger partial charge is 0.381 e. The lowest BCUT2D eigenvalue weighted by atomic mass is 9.72. The maximum Gasteiger partial charge on any atom is 0.259 e. The zero-order chi connectivity index (χ0) is 19.6. The van der Waals surface area contributed by atoms with Crippen molar-refractivity contribution in [3.63, 3.8) is 0 Å². The number of unbranched alkanes of at least 4 members (excludes halogenated alkanes) is 1. The molecule has 4 heterocycles. The van der Waals surface area contributed by atoms with Gasteiger partial charge in [0.15, 0.2) is 5.82 Å². The second kappa shape index (κ2) is 7.88. The van der Waals surface area contributed by atoms with Gasteiger partial charge in [0.2, 0.25) is 10.0 Å². The molecule has 2 aliphatic rings. The Hall–Kier alpha value is -1.84. The first-order valence-electron chi connectivity index (χ1n) is 9.84. The standard InChI is InChI=1S/C19H26N4O4S/c1-2-3-11-28(24,25)23-13-16(19(14-23)6-9-26-10-7-19)17-21-18(27-22-17)15-5-4-8-20-12-15/h4-5,8,12,16H,2-3,6-7,9-11,13-14H2,1H3. The third-order valence-electron chi connectivity index (χ3n) is 5.92. The summed E-state index contributed by atoms with van der Waals surface area (Å²) in [6.45, 7) is 4.17. The van der Waals surface area contributed by atoms with Gasteiger partial charge in [-0.05, 0) is 36.8 Å². The molecule has 4 rings (SSSR count). The summed E-state index contributed by atoms with van der Waals surface area (Å²) in [5.41, 5.74) is 0.556. The molecule has 0 radical (unpaired) electrons. The number of rotatable bonds is 6. The molecule has 2 saturated heterocycles. The number of hydrogen-bond donors (Lipinski definition) is 0. The van der Waals surface area contributed by atoms with E-state index < -0.39 is 10.0 Å². The van der Waals surface area contributed by atoms with E-state index in [-0.39, 0.29) is 17.1 Å². The van der Waals surface area contributed by atoms with Gasteiger partial charge in [0, 0.05) is 44.6 Å². The van der Waals surface area contributed by atoms with Gasteiger partial charge in [-0.2, -0.15) is 4.98 Å². The van der Waals surface area contributed by atoms with Crippen LogP contribution in [0.5, 0.6) is 0 Å². The molecule has 1 unspecified atom stereocenters. The second-order valence-electron chi connectivity index (χ2n) is 7.69. The van der Waals surface area contributed by atoms with Crippen LogP contribution in [0.1, 0.15) is 44.3 Å². The predicted octanol–water partition coefficient (Wildman–Crippen LogP) is 2.46. The summed E-state index contributed by atoms with van der Waals surface area (Å²) in [7, 11) is -3.29. The first kappa shape index (κ1) is 19.5. The minimum Gasteiger partial charge on any atom is -0.381 e. The first-order chi connectivity index (χ1) is 13.5. The summed E-state index contributed by atoms with van der Waals surface area (Å²) in [6.07, 6.45) is 6.50. The summed E-state index contributed by atoms with van der Waals surface area (Å²) in [4.78, 5) is 8.70. The van der Waals surface area contributed by atoms with Crippen molar-refractivity contribution in [2.45, 2.75) is 38.5 Å². The van der Waals surface area contributed by atoms with Crippen molar-refractivity contribution in [3.8, 4) is 11.5 Å². The minimum atomic E-state index is -3.29. The lowest BCUT2D eigenvalue weighted by Gasteiger charge is -2.36. The van der Waals surface area contributed by atoms with Crippen LogP contribution in [0, 0.1) is 5.41 Å². The molecule has 2 aromatic rings. The number of sulfonamides is 1. The van der Waals surface area contributed by atoms with Crippen LogP contribution in [-0.2, 0) is 14.8 Å². The van der Waals surface area contributed by atoms with E-state index in [4.69, 9.17) is 9.26 Å². The van der Waals surface area contributed by atoms with E-state index >= 15 is 0 Å². The number of ether oxygens (including phenoxy) is 1. The summed E-state index contributed by atoms with van der Waals surface area (Å²) >= 11 is 0. The van der Waals surface area contributed by atoms with E-state index in [1.54, 1.807) is 16.7 Å². The SMILES string of the molecule is CCCCS(=O)(=O)N1CC(c2noc(-c3cccnc3)n2)C2(CCOCC2)C1. The zero-order valence-electron chi connectivity index (χ0n) is 16.1. The molecule has 0 aromatic carbocycles. The number of pyridine rings is 1. The molecule has 8 nitrogen and oxygen atoms in total. The molecule has 152 valence electrons. The van der Waals surface area contributed by atoms with Crippen LogP contribution in [0.4, 0.5) is 0 Å². The lowest BCUT2D eigenvalue weighted by molar-refractivity contribution is 0.0132. The van der Waals surface area contributed by atoms with E-state index in [0.29, 0.717) is 44.4 Å². The molecule has 28 heavy (non-hydrogen) atoms. The summed E-state index contributed by atoms with van der Waals surface area (Å²) < 4.78 is 38.4. The monoisotopic (exact) mass is 406 g/mol. The molecule has 0 saturated carbocycles. The van der Waals surface area contributed by atoms with E-state index in [2.05, 4.69) is 15.1 Å². The molecule has 1 spiro atoms. The Labute approximate surface area is 165 Å². The fraction of sp³-hybridized carbons (Fsp3) is 0.632. The molecule has 9 heteroatoms. The van der Waals surface area contributed by atoms with Crippen LogP contribution in [-0.4, -0.2) is 59.9 Å². The molecule has 1 atom stereocenters. The maximum atomic E-state index is 12.8. The smallest absolute Gasteiger partial charge is 0.259 e. The molecule has 0 amide bonds. The Bertz CT molecular complexity index is 894. The van der Waals surface area contributed by atoms with E-state index in [1.807, 2.05) is 19.1 Å². The zero-order valence-corrected chi connectivity index (χ0v) is 16.9. The van der Waals surface area contributed by atoms with Gasteiger partial charge in [0.05, 0.1) is 11.3 Å². The van der Waals surface area contributed by atoms with E-state index in [9.17, 15) is 8.42 Å². The maximum absolute atomic E-state index is 12.8. The molecule has 2 fully saturated rings. The number of hydrogen-bond acceptors (Lipinski definition) is 7. The Morgan fingerprint density at radius 3 is 2.86 bits per heavy atom. The molecule has 2 aliphatic heterocycles. The van der Waals surface area contributed by atoms with Crippen molar-refractivity contribution in [2.75, 3.05) is 32.1 Å². The quantitative estimate of drug-likeness (QED) is 0.726. The molecule has 0 aliphatic carbocycles. The molecular formula is C19H26N4O4S. The van der Waals surface area contributed by atoms with Gasteiger partial charge >= 0.3 is 0 Å². The van der Waals surface area contributed by atoms with Crippen molar-refractivity contribution in [1.29, 1.82) is 0 Å². The van der Waals surface area contributed by atoms with Gasteiger partial charge < -0.3 is 9.26 Å². The van der Waals surface area contributed by atoms with Crippen LogP contribution in [0.3, 0.4) is 0 Å². The van der Waals surface area contributed by atoms with Gasteiger partial charge in [-0.15, -0.1) is 0 Å². The predicted molar refractivity (Wildman–Crippen MR) is 103 cm³/mol.